The number of benzene rings is 1. The number of carbonyl (C=O) groups excluding carboxylic acids is 2. The van der Waals surface area contributed by atoms with Crippen LogP contribution in [0.4, 0.5) is 4.79 Å². The Morgan fingerprint density at radius 2 is 1.25 bits per heavy atom. The van der Waals surface area contributed by atoms with Crippen molar-refractivity contribution >= 4 is 11.9 Å². The van der Waals surface area contributed by atoms with Gasteiger partial charge in [0.05, 0.1) is 6.17 Å². The molecule has 0 aliphatic carbocycles. The molecule has 1 aromatic carbocycles. The van der Waals surface area contributed by atoms with Crippen molar-refractivity contribution in [3.63, 3.8) is 0 Å². The highest BCUT2D eigenvalue weighted by molar-refractivity contribution is 5.80. The van der Waals surface area contributed by atoms with Gasteiger partial charge in [0, 0.05) is 25.9 Å². The fourth-order valence-corrected chi connectivity index (χ4v) is 4.50. The zero-order valence-electron chi connectivity index (χ0n) is 22.9. The van der Waals surface area contributed by atoms with E-state index in [-0.39, 0.29) is 25.3 Å². The Morgan fingerprint density at radius 3 is 1.72 bits per heavy atom. The number of rotatable bonds is 23. The summed E-state index contributed by atoms with van der Waals surface area (Å²) in [6.07, 6.45) is 20.3. The molecular formula is C30H53N3O3. The van der Waals surface area contributed by atoms with E-state index in [1.807, 2.05) is 6.07 Å². The maximum atomic E-state index is 12.5. The van der Waals surface area contributed by atoms with Gasteiger partial charge in [0.25, 0.3) is 0 Å². The topological polar surface area (TPSA) is 98.7 Å². The van der Waals surface area contributed by atoms with Crippen LogP contribution in [0.5, 0.6) is 5.75 Å². The van der Waals surface area contributed by atoms with Crippen LogP contribution in [0, 0.1) is 0 Å². The smallest absolute Gasteiger partial charge is 0.410 e. The highest BCUT2D eigenvalue weighted by atomic mass is 16.6. The molecule has 1 unspecified atom stereocenters. The summed E-state index contributed by atoms with van der Waals surface area (Å²) in [5, 5.41) is 0. The van der Waals surface area contributed by atoms with Gasteiger partial charge in [-0.05, 0) is 18.6 Å². The first-order chi connectivity index (χ1) is 17.6. The Kier molecular flexibility index (Phi) is 19.9. The van der Waals surface area contributed by atoms with Crippen LogP contribution in [0.2, 0.25) is 0 Å². The molecular weight excluding hydrogens is 450 g/mol. The number of nitrogens with two attached hydrogens (primary N) is 2. The third kappa shape index (κ3) is 16.7. The Hall–Kier alpha value is -1.92. The molecule has 0 saturated heterocycles. The highest BCUT2D eigenvalue weighted by Crippen LogP contribution is 2.15. The lowest BCUT2D eigenvalue weighted by molar-refractivity contribution is -0.120. The second-order valence-corrected chi connectivity index (χ2v) is 10.0. The van der Waals surface area contributed by atoms with Crippen LogP contribution in [-0.2, 0) is 4.79 Å². The fourth-order valence-electron chi connectivity index (χ4n) is 4.50. The summed E-state index contributed by atoms with van der Waals surface area (Å²) in [7, 11) is 0. The highest BCUT2D eigenvalue weighted by Gasteiger charge is 2.24. The van der Waals surface area contributed by atoms with Crippen LogP contribution in [0.15, 0.2) is 30.3 Å². The van der Waals surface area contributed by atoms with Crippen LogP contribution in [0.1, 0.15) is 122 Å². The molecule has 0 fully saturated rings. The normalized spacial score (nSPS) is 11.9. The summed E-state index contributed by atoms with van der Waals surface area (Å²) in [6, 6.07) is 8.83. The van der Waals surface area contributed by atoms with E-state index in [1.54, 1.807) is 24.3 Å². The fraction of sp³-hybridized carbons (Fsp3) is 0.733. The van der Waals surface area contributed by atoms with Crippen LogP contribution in [-0.4, -0.2) is 36.0 Å². The van der Waals surface area contributed by atoms with Crippen LogP contribution in [0.25, 0.3) is 0 Å². The number of carbonyl (C=O) groups is 2. The lowest BCUT2D eigenvalue weighted by Crippen LogP contribution is -2.50. The molecule has 36 heavy (non-hydrogen) atoms. The maximum absolute atomic E-state index is 12.5. The second-order valence-electron chi connectivity index (χ2n) is 10.0. The number of nitrogens with zero attached hydrogens (tertiary/aromatic N) is 1. The average molecular weight is 504 g/mol. The number of hydrogen-bond donors (Lipinski definition) is 2. The summed E-state index contributed by atoms with van der Waals surface area (Å²) in [4.78, 5) is 26.2. The molecule has 6 nitrogen and oxygen atoms in total. The molecule has 0 saturated carbocycles. The van der Waals surface area contributed by atoms with Crippen LogP contribution in [0.3, 0.4) is 0 Å². The molecule has 0 heterocycles. The van der Waals surface area contributed by atoms with E-state index in [0.717, 1.165) is 12.8 Å². The van der Waals surface area contributed by atoms with E-state index in [2.05, 4.69) is 6.92 Å². The van der Waals surface area contributed by atoms with E-state index in [9.17, 15) is 9.59 Å². The van der Waals surface area contributed by atoms with Crippen LogP contribution < -0.4 is 16.2 Å². The molecule has 0 aliphatic heterocycles. The van der Waals surface area contributed by atoms with E-state index < -0.39 is 12.3 Å². The molecule has 4 N–H and O–H groups in total. The molecule has 6 heteroatoms. The number of hydrogen-bond acceptors (Lipinski definition) is 5. The van der Waals surface area contributed by atoms with Gasteiger partial charge in [0.1, 0.15) is 11.5 Å². The summed E-state index contributed by atoms with van der Waals surface area (Å²) in [6.45, 7) is 2.78. The van der Waals surface area contributed by atoms with Crippen molar-refractivity contribution in [2.75, 3.05) is 13.1 Å². The van der Waals surface area contributed by atoms with E-state index in [4.69, 9.17) is 16.2 Å². The molecule has 206 valence electrons. The zero-order chi connectivity index (χ0) is 26.3. The van der Waals surface area contributed by atoms with Crippen molar-refractivity contribution in [2.45, 2.75) is 129 Å². The van der Waals surface area contributed by atoms with Gasteiger partial charge >= 0.3 is 6.09 Å². The van der Waals surface area contributed by atoms with Crippen molar-refractivity contribution in [1.29, 1.82) is 0 Å². The van der Waals surface area contributed by atoms with Gasteiger partial charge < -0.3 is 16.2 Å². The van der Waals surface area contributed by atoms with Gasteiger partial charge in [-0.2, -0.15) is 0 Å². The molecule has 1 atom stereocenters. The Morgan fingerprint density at radius 1 is 0.778 bits per heavy atom. The minimum atomic E-state index is -0.724. The number of unbranched alkanes of at least 4 members (excludes halogenated alkanes) is 15. The Bertz CT molecular complexity index is 669. The number of Topliss-reactive ketones (excluding diaryl/α,β-unsaturated/α-hetero) is 1. The second kappa shape index (κ2) is 22.3. The monoisotopic (exact) mass is 503 g/mol. The lowest BCUT2D eigenvalue weighted by Gasteiger charge is -2.27. The molecule has 0 aliphatic rings. The molecule has 0 aromatic heterocycles. The Labute approximate surface area is 220 Å². The van der Waals surface area contributed by atoms with Crippen molar-refractivity contribution in [3.05, 3.63) is 30.3 Å². The van der Waals surface area contributed by atoms with Crippen molar-refractivity contribution in [1.82, 2.24) is 4.90 Å². The van der Waals surface area contributed by atoms with Gasteiger partial charge in [-0.15, -0.1) is 0 Å². The Balaban J connectivity index is 2.04. The van der Waals surface area contributed by atoms with Crippen LogP contribution >= 0.6 is 0 Å². The minimum absolute atomic E-state index is 0.0856. The van der Waals surface area contributed by atoms with Gasteiger partial charge in [-0.25, -0.2) is 4.79 Å². The maximum Gasteiger partial charge on any atom is 0.416 e. The molecule has 0 spiro atoms. The predicted octanol–water partition coefficient (Wildman–Crippen LogP) is 7.34. The number of ketones is 1. The molecule has 0 bridgehead atoms. The standard InChI is InChI=1S/C30H53N3O3/c1-2-3-4-5-6-7-8-9-10-11-12-13-14-15-16-18-21-27(34)26-29(32)33(25-24-31)30(35)36-28-22-19-17-20-23-28/h17,19-20,22-23,29H,2-16,18,21,24-26,31-32H2,1H3. The number of ether oxygens (including phenoxy) is 1. The molecule has 0 radical (unpaired) electrons. The summed E-state index contributed by atoms with van der Waals surface area (Å²) in [5.74, 6) is 0.526. The SMILES string of the molecule is CCCCCCCCCCCCCCCCCCC(=O)CC(N)N(CCN)C(=O)Oc1ccccc1. The first kappa shape index (κ1) is 32.1. The molecule has 1 aromatic rings. The van der Waals surface area contributed by atoms with E-state index >= 15 is 0 Å². The van der Waals surface area contributed by atoms with Gasteiger partial charge in [-0.3, -0.25) is 9.69 Å². The lowest BCUT2D eigenvalue weighted by atomic mass is 10.0. The zero-order valence-corrected chi connectivity index (χ0v) is 22.9. The van der Waals surface area contributed by atoms with Gasteiger partial charge in [-0.1, -0.05) is 121 Å². The first-order valence-corrected chi connectivity index (χ1v) is 14.6. The quantitative estimate of drug-likeness (QED) is 0.120. The van der Waals surface area contributed by atoms with Gasteiger partial charge in [0.2, 0.25) is 0 Å². The minimum Gasteiger partial charge on any atom is -0.410 e. The van der Waals surface area contributed by atoms with E-state index in [1.165, 1.54) is 94.8 Å². The third-order valence-corrected chi connectivity index (χ3v) is 6.70. The first-order valence-electron chi connectivity index (χ1n) is 14.6. The predicted molar refractivity (Wildman–Crippen MR) is 150 cm³/mol. The molecule has 1 amide bonds. The summed E-state index contributed by atoms with van der Waals surface area (Å²) in [5.41, 5.74) is 11.8. The summed E-state index contributed by atoms with van der Waals surface area (Å²) < 4.78 is 5.37. The van der Waals surface area contributed by atoms with Crippen molar-refractivity contribution in [3.8, 4) is 5.75 Å². The summed E-state index contributed by atoms with van der Waals surface area (Å²) >= 11 is 0. The largest absolute Gasteiger partial charge is 0.416 e. The van der Waals surface area contributed by atoms with Crippen molar-refractivity contribution < 1.29 is 14.3 Å². The molecule has 1 rings (SSSR count). The number of para-hydroxylation sites is 1. The van der Waals surface area contributed by atoms with E-state index in [0.29, 0.717) is 12.2 Å². The average Bonchev–Trinajstić information content (AvgIpc) is 2.87. The third-order valence-electron chi connectivity index (χ3n) is 6.70. The number of amides is 1. The van der Waals surface area contributed by atoms with Gasteiger partial charge in [0.15, 0.2) is 0 Å². The van der Waals surface area contributed by atoms with Crippen molar-refractivity contribution in [2.24, 2.45) is 11.5 Å².